The molecule has 0 radical (unpaired) electrons. The van der Waals surface area contributed by atoms with Crippen molar-refractivity contribution in [1.29, 1.82) is 0 Å². The second-order valence-corrected chi connectivity index (χ2v) is 5.48. The Labute approximate surface area is 132 Å². The Morgan fingerprint density at radius 1 is 0.905 bits per heavy atom. The molecule has 3 aromatic carbocycles. The number of phenols is 1. The standard InChI is InChI=1S/C17H11Cl2NO/c18-13-7-14(19)9-15(8-13)20-10-12-6-5-11-3-1-2-4-16(11)17(12)21/h1-10,21H. The molecule has 0 bridgehead atoms. The molecule has 0 fully saturated rings. The Bertz CT molecular complexity index is 823. The topological polar surface area (TPSA) is 32.6 Å². The van der Waals surface area contributed by atoms with Crippen LogP contribution >= 0.6 is 23.2 Å². The van der Waals surface area contributed by atoms with Crippen molar-refractivity contribution in [3.63, 3.8) is 0 Å². The second-order valence-electron chi connectivity index (χ2n) is 4.61. The van der Waals surface area contributed by atoms with Gasteiger partial charge < -0.3 is 5.11 Å². The van der Waals surface area contributed by atoms with Gasteiger partial charge >= 0.3 is 0 Å². The maximum absolute atomic E-state index is 10.3. The second kappa shape index (κ2) is 5.76. The fourth-order valence-electron chi connectivity index (χ4n) is 2.13. The number of fused-ring (bicyclic) bond motifs is 1. The molecule has 3 aromatic rings. The Hall–Kier alpha value is -2.03. The summed E-state index contributed by atoms with van der Waals surface area (Å²) >= 11 is 11.9. The van der Waals surface area contributed by atoms with E-state index in [4.69, 9.17) is 23.2 Å². The van der Waals surface area contributed by atoms with Crippen molar-refractivity contribution in [2.24, 2.45) is 4.99 Å². The van der Waals surface area contributed by atoms with E-state index in [0.29, 0.717) is 21.3 Å². The van der Waals surface area contributed by atoms with Crippen LogP contribution in [0.3, 0.4) is 0 Å². The number of nitrogens with zero attached hydrogens (tertiary/aromatic N) is 1. The average molecular weight is 316 g/mol. The molecule has 0 saturated heterocycles. The summed E-state index contributed by atoms with van der Waals surface area (Å²) in [6.45, 7) is 0. The fraction of sp³-hybridized carbons (Fsp3) is 0. The predicted molar refractivity (Wildman–Crippen MR) is 89.3 cm³/mol. The third-order valence-electron chi connectivity index (χ3n) is 3.13. The molecule has 21 heavy (non-hydrogen) atoms. The first-order chi connectivity index (χ1) is 10.1. The van der Waals surface area contributed by atoms with E-state index in [1.165, 1.54) is 0 Å². The lowest BCUT2D eigenvalue weighted by Gasteiger charge is -2.04. The van der Waals surface area contributed by atoms with Crippen LogP contribution in [0, 0.1) is 0 Å². The number of rotatable bonds is 2. The summed E-state index contributed by atoms with van der Waals surface area (Å²) in [7, 11) is 0. The lowest BCUT2D eigenvalue weighted by atomic mass is 10.1. The summed E-state index contributed by atoms with van der Waals surface area (Å²) in [4.78, 5) is 4.31. The first-order valence-corrected chi connectivity index (χ1v) is 7.10. The molecule has 0 aliphatic heterocycles. The average Bonchev–Trinajstić information content (AvgIpc) is 2.46. The van der Waals surface area contributed by atoms with Crippen LogP contribution in [0.15, 0.2) is 59.6 Å². The van der Waals surface area contributed by atoms with Crippen LogP contribution in [0.1, 0.15) is 5.56 Å². The molecule has 1 N–H and O–H groups in total. The summed E-state index contributed by atoms with van der Waals surface area (Å²) < 4.78 is 0. The van der Waals surface area contributed by atoms with Gasteiger partial charge in [0, 0.05) is 27.2 Å². The predicted octanol–water partition coefficient (Wildman–Crippen LogP) is 5.60. The van der Waals surface area contributed by atoms with Gasteiger partial charge in [-0.3, -0.25) is 4.99 Å². The highest BCUT2D eigenvalue weighted by atomic mass is 35.5. The Kier molecular flexibility index (Phi) is 3.82. The van der Waals surface area contributed by atoms with Crippen molar-refractivity contribution < 1.29 is 5.11 Å². The highest BCUT2D eigenvalue weighted by Gasteiger charge is 2.04. The van der Waals surface area contributed by atoms with Crippen LogP contribution in [0.5, 0.6) is 5.75 Å². The largest absolute Gasteiger partial charge is 0.507 e. The van der Waals surface area contributed by atoms with Crippen molar-refractivity contribution >= 4 is 45.9 Å². The quantitative estimate of drug-likeness (QED) is 0.613. The third-order valence-corrected chi connectivity index (χ3v) is 3.57. The first kappa shape index (κ1) is 13.9. The molecule has 0 spiro atoms. The van der Waals surface area contributed by atoms with Gasteiger partial charge in [-0.1, -0.05) is 53.5 Å². The molecular weight excluding hydrogens is 305 g/mol. The van der Waals surface area contributed by atoms with E-state index in [2.05, 4.69) is 4.99 Å². The molecule has 0 atom stereocenters. The lowest BCUT2D eigenvalue weighted by molar-refractivity contribution is 0.481. The van der Waals surface area contributed by atoms with Gasteiger partial charge in [-0.15, -0.1) is 0 Å². The molecule has 0 unspecified atom stereocenters. The summed E-state index contributed by atoms with van der Waals surface area (Å²) in [6.07, 6.45) is 1.60. The molecule has 0 aromatic heterocycles. The lowest BCUT2D eigenvalue weighted by Crippen LogP contribution is -1.84. The Morgan fingerprint density at radius 2 is 1.62 bits per heavy atom. The molecule has 4 heteroatoms. The van der Waals surface area contributed by atoms with Crippen molar-refractivity contribution in [2.45, 2.75) is 0 Å². The number of aliphatic imine (C=N–C) groups is 1. The zero-order chi connectivity index (χ0) is 14.8. The van der Waals surface area contributed by atoms with Crippen molar-refractivity contribution in [2.75, 3.05) is 0 Å². The highest BCUT2D eigenvalue weighted by molar-refractivity contribution is 6.35. The summed E-state index contributed by atoms with van der Waals surface area (Å²) in [5.74, 6) is 0.213. The zero-order valence-electron chi connectivity index (χ0n) is 10.9. The molecule has 0 heterocycles. The maximum atomic E-state index is 10.3. The van der Waals surface area contributed by atoms with Crippen molar-refractivity contribution in [3.05, 3.63) is 70.2 Å². The van der Waals surface area contributed by atoms with Crippen LogP contribution < -0.4 is 0 Å². The van der Waals surface area contributed by atoms with Gasteiger partial charge in [-0.2, -0.15) is 0 Å². The molecule has 104 valence electrons. The number of benzene rings is 3. The fourth-order valence-corrected chi connectivity index (χ4v) is 2.65. The third kappa shape index (κ3) is 3.02. The monoisotopic (exact) mass is 315 g/mol. The van der Waals surface area contributed by atoms with Gasteiger partial charge in [0.1, 0.15) is 5.75 Å². The van der Waals surface area contributed by atoms with Gasteiger partial charge in [0.05, 0.1) is 5.69 Å². The van der Waals surface area contributed by atoms with Crippen LogP contribution in [-0.4, -0.2) is 11.3 Å². The van der Waals surface area contributed by atoms with E-state index >= 15 is 0 Å². The normalized spacial score (nSPS) is 11.3. The SMILES string of the molecule is Oc1c(C=Nc2cc(Cl)cc(Cl)c2)ccc2ccccc12. The summed E-state index contributed by atoms with van der Waals surface area (Å²) in [5, 5.41) is 13.1. The Morgan fingerprint density at radius 3 is 2.38 bits per heavy atom. The smallest absolute Gasteiger partial charge is 0.132 e. The molecule has 3 rings (SSSR count). The van der Waals surface area contributed by atoms with E-state index in [-0.39, 0.29) is 5.75 Å². The number of hydrogen-bond acceptors (Lipinski definition) is 2. The minimum atomic E-state index is 0.213. The van der Waals surface area contributed by atoms with Crippen LogP contribution in [-0.2, 0) is 0 Å². The number of aromatic hydroxyl groups is 1. The maximum Gasteiger partial charge on any atom is 0.132 e. The molecule has 0 saturated carbocycles. The van der Waals surface area contributed by atoms with Crippen molar-refractivity contribution in [1.82, 2.24) is 0 Å². The van der Waals surface area contributed by atoms with Gasteiger partial charge in [0.25, 0.3) is 0 Å². The first-order valence-electron chi connectivity index (χ1n) is 6.34. The Balaban J connectivity index is 2.01. The number of phenolic OH excluding ortho intramolecular Hbond substituents is 1. The van der Waals surface area contributed by atoms with Gasteiger partial charge in [0.15, 0.2) is 0 Å². The zero-order valence-corrected chi connectivity index (χ0v) is 12.4. The van der Waals surface area contributed by atoms with Crippen LogP contribution in [0.25, 0.3) is 10.8 Å². The van der Waals surface area contributed by atoms with Gasteiger partial charge in [0.2, 0.25) is 0 Å². The molecular formula is C17H11Cl2NO. The van der Waals surface area contributed by atoms with Crippen LogP contribution in [0.4, 0.5) is 5.69 Å². The highest BCUT2D eigenvalue weighted by Crippen LogP contribution is 2.29. The van der Waals surface area contributed by atoms with E-state index in [9.17, 15) is 5.11 Å². The summed E-state index contributed by atoms with van der Waals surface area (Å²) in [6, 6.07) is 16.5. The van der Waals surface area contributed by atoms with Crippen molar-refractivity contribution in [3.8, 4) is 5.75 Å². The number of halogens is 2. The van der Waals surface area contributed by atoms with E-state index < -0.39 is 0 Å². The minimum Gasteiger partial charge on any atom is -0.507 e. The van der Waals surface area contributed by atoms with E-state index in [1.54, 1.807) is 24.4 Å². The molecule has 0 amide bonds. The number of hydrogen-bond donors (Lipinski definition) is 1. The molecule has 2 nitrogen and oxygen atoms in total. The van der Waals surface area contributed by atoms with Gasteiger partial charge in [-0.25, -0.2) is 0 Å². The van der Waals surface area contributed by atoms with Crippen LogP contribution in [0.2, 0.25) is 10.0 Å². The summed E-state index contributed by atoms with van der Waals surface area (Å²) in [5.41, 5.74) is 1.28. The van der Waals surface area contributed by atoms with E-state index in [1.807, 2.05) is 36.4 Å². The van der Waals surface area contributed by atoms with E-state index in [0.717, 1.165) is 10.8 Å². The molecule has 0 aliphatic rings. The van der Waals surface area contributed by atoms with Gasteiger partial charge in [-0.05, 0) is 29.7 Å². The molecule has 0 aliphatic carbocycles. The minimum absolute atomic E-state index is 0.213.